The fraction of sp³-hybridized carbons (Fsp3) is 0.933. The molecule has 3 nitrogen and oxygen atoms in total. The number of nitrogens with zero attached hydrogens (tertiary/aromatic N) is 1. The van der Waals surface area contributed by atoms with Crippen molar-refractivity contribution in [3.8, 4) is 0 Å². The van der Waals surface area contributed by atoms with Crippen LogP contribution in [0.2, 0.25) is 0 Å². The third-order valence-electron chi connectivity index (χ3n) is 4.63. The smallest absolute Gasteiger partial charge is 0.222 e. The van der Waals surface area contributed by atoms with Crippen LogP contribution in [0.25, 0.3) is 0 Å². The minimum atomic E-state index is 0.356. The molecule has 1 heterocycles. The minimum Gasteiger partial charge on any atom is -0.343 e. The predicted octanol–water partition coefficient (Wildman–Crippen LogP) is 2.70. The molecule has 1 aliphatic carbocycles. The summed E-state index contributed by atoms with van der Waals surface area (Å²) in [5, 5.41) is 3.52. The van der Waals surface area contributed by atoms with Crippen LogP contribution >= 0.6 is 0 Å². The van der Waals surface area contributed by atoms with Crippen molar-refractivity contribution < 1.29 is 4.79 Å². The lowest BCUT2D eigenvalue weighted by atomic mass is 9.94. The number of carbonyl (C=O) groups is 1. The highest BCUT2D eigenvalue weighted by Crippen LogP contribution is 2.22. The van der Waals surface area contributed by atoms with E-state index in [0.29, 0.717) is 18.0 Å². The van der Waals surface area contributed by atoms with Gasteiger partial charge in [0.25, 0.3) is 0 Å². The van der Waals surface area contributed by atoms with Gasteiger partial charge in [-0.05, 0) is 38.6 Å². The summed E-state index contributed by atoms with van der Waals surface area (Å²) in [5.41, 5.74) is 0. The molecule has 18 heavy (non-hydrogen) atoms. The van der Waals surface area contributed by atoms with Gasteiger partial charge in [-0.25, -0.2) is 0 Å². The van der Waals surface area contributed by atoms with Gasteiger partial charge in [0.2, 0.25) is 5.91 Å². The molecule has 1 unspecified atom stereocenters. The standard InChI is InChI=1S/C15H28N2O/c1-17(14-8-3-2-4-9-14)15(18)11-10-13-7-5-6-12-16-13/h13-14,16H,2-12H2,1H3. The Balaban J connectivity index is 1.69. The molecule has 104 valence electrons. The van der Waals surface area contributed by atoms with Crippen molar-refractivity contribution in [1.82, 2.24) is 10.2 Å². The summed E-state index contributed by atoms with van der Waals surface area (Å²) in [6.07, 6.45) is 12.0. The summed E-state index contributed by atoms with van der Waals surface area (Å²) in [5.74, 6) is 0.356. The molecule has 0 aromatic rings. The van der Waals surface area contributed by atoms with E-state index in [4.69, 9.17) is 0 Å². The van der Waals surface area contributed by atoms with E-state index in [1.807, 2.05) is 11.9 Å². The molecule has 2 fully saturated rings. The summed E-state index contributed by atoms with van der Waals surface area (Å²) in [4.78, 5) is 14.2. The number of carbonyl (C=O) groups excluding carboxylic acids is 1. The van der Waals surface area contributed by atoms with Crippen LogP contribution in [0.15, 0.2) is 0 Å². The van der Waals surface area contributed by atoms with Crippen molar-refractivity contribution in [3.05, 3.63) is 0 Å². The van der Waals surface area contributed by atoms with Crippen molar-refractivity contribution in [2.75, 3.05) is 13.6 Å². The van der Waals surface area contributed by atoms with Crippen LogP contribution in [-0.4, -0.2) is 36.5 Å². The Morgan fingerprint density at radius 3 is 2.50 bits per heavy atom. The van der Waals surface area contributed by atoms with Gasteiger partial charge in [0.15, 0.2) is 0 Å². The fourth-order valence-electron chi connectivity index (χ4n) is 3.32. The predicted molar refractivity (Wildman–Crippen MR) is 74.5 cm³/mol. The van der Waals surface area contributed by atoms with Crippen LogP contribution in [0.5, 0.6) is 0 Å². The van der Waals surface area contributed by atoms with Crippen LogP contribution in [0.4, 0.5) is 0 Å². The highest BCUT2D eigenvalue weighted by atomic mass is 16.2. The largest absolute Gasteiger partial charge is 0.343 e. The Morgan fingerprint density at radius 2 is 1.83 bits per heavy atom. The number of hydrogen-bond donors (Lipinski definition) is 1. The molecule has 2 aliphatic rings. The number of rotatable bonds is 4. The summed E-state index contributed by atoms with van der Waals surface area (Å²) in [7, 11) is 2.01. The third-order valence-corrected chi connectivity index (χ3v) is 4.63. The fourth-order valence-corrected chi connectivity index (χ4v) is 3.32. The lowest BCUT2D eigenvalue weighted by Crippen LogP contribution is -2.40. The molecule has 1 N–H and O–H groups in total. The first-order chi connectivity index (χ1) is 8.77. The molecule has 0 radical (unpaired) electrons. The van der Waals surface area contributed by atoms with Crippen LogP contribution in [0.1, 0.15) is 64.2 Å². The van der Waals surface area contributed by atoms with Crippen molar-refractivity contribution >= 4 is 5.91 Å². The maximum absolute atomic E-state index is 12.2. The molecule has 1 saturated heterocycles. The number of piperidine rings is 1. The first-order valence-corrected chi connectivity index (χ1v) is 7.76. The van der Waals surface area contributed by atoms with Crippen molar-refractivity contribution in [3.63, 3.8) is 0 Å². The van der Waals surface area contributed by atoms with Crippen molar-refractivity contribution in [2.24, 2.45) is 0 Å². The first-order valence-electron chi connectivity index (χ1n) is 7.76. The third kappa shape index (κ3) is 3.98. The van der Waals surface area contributed by atoms with Crippen LogP contribution in [0, 0.1) is 0 Å². The van der Waals surface area contributed by atoms with Gasteiger partial charge >= 0.3 is 0 Å². The van der Waals surface area contributed by atoms with Gasteiger partial charge in [-0.1, -0.05) is 25.7 Å². The molecule has 2 rings (SSSR count). The zero-order valence-electron chi connectivity index (χ0n) is 11.8. The highest BCUT2D eigenvalue weighted by Gasteiger charge is 2.22. The van der Waals surface area contributed by atoms with Gasteiger partial charge in [0.05, 0.1) is 0 Å². The molecule has 0 aromatic carbocycles. The van der Waals surface area contributed by atoms with Crippen molar-refractivity contribution in [1.29, 1.82) is 0 Å². The van der Waals surface area contributed by atoms with Gasteiger partial charge in [-0.3, -0.25) is 4.79 Å². The molecular formula is C15H28N2O. The van der Waals surface area contributed by atoms with Crippen LogP contribution < -0.4 is 5.32 Å². The summed E-state index contributed by atoms with van der Waals surface area (Å²) in [6.45, 7) is 1.14. The van der Waals surface area contributed by atoms with E-state index in [-0.39, 0.29) is 0 Å². The highest BCUT2D eigenvalue weighted by molar-refractivity contribution is 5.76. The first kappa shape index (κ1) is 13.9. The Hall–Kier alpha value is -0.570. The van der Waals surface area contributed by atoms with E-state index >= 15 is 0 Å². The SMILES string of the molecule is CN(C(=O)CCC1CCCCN1)C1CCCCC1. The summed E-state index contributed by atoms with van der Waals surface area (Å²) >= 11 is 0. The Morgan fingerprint density at radius 1 is 1.11 bits per heavy atom. The second kappa shape index (κ2) is 7.13. The lowest BCUT2D eigenvalue weighted by Gasteiger charge is -2.32. The normalized spacial score (nSPS) is 25.9. The number of nitrogens with one attached hydrogen (secondary N) is 1. The van der Waals surface area contributed by atoms with E-state index in [1.54, 1.807) is 0 Å². The quantitative estimate of drug-likeness (QED) is 0.834. The monoisotopic (exact) mass is 252 g/mol. The molecule has 0 aromatic heterocycles. The summed E-state index contributed by atoms with van der Waals surface area (Å²) in [6, 6.07) is 1.10. The van der Waals surface area contributed by atoms with Gasteiger partial charge in [-0.2, -0.15) is 0 Å². The molecule has 1 amide bonds. The number of hydrogen-bond acceptors (Lipinski definition) is 2. The lowest BCUT2D eigenvalue weighted by molar-refractivity contribution is -0.132. The Labute approximate surface area is 111 Å². The van der Waals surface area contributed by atoms with Crippen LogP contribution in [-0.2, 0) is 4.79 Å². The molecule has 1 saturated carbocycles. The molecule has 1 atom stereocenters. The molecule has 0 spiro atoms. The molecule has 3 heteroatoms. The summed E-state index contributed by atoms with van der Waals surface area (Å²) < 4.78 is 0. The van der Waals surface area contributed by atoms with Gasteiger partial charge < -0.3 is 10.2 Å². The zero-order chi connectivity index (χ0) is 12.8. The van der Waals surface area contributed by atoms with Gasteiger partial charge in [-0.15, -0.1) is 0 Å². The van der Waals surface area contributed by atoms with Gasteiger partial charge in [0, 0.05) is 25.6 Å². The maximum atomic E-state index is 12.2. The molecular weight excluding hydrogens is 224 g/mol. The molecule has 1 aliphatic heterocycles. The van der Waals surface area contributed by atoms with Crippen molar-refractivity contribution in [2.45, 2.75) is 76.3 Å². The van der Waals surface area contributed by atoms with Gasteiger partial charge in [0.1, 0.15) is 0 Å². The van der Waals surface area contributed by atoms with E-state index in [9.17, 15) is 4.79 Å². The van der Waals surface area contributed by atoms with Crippen LogP contribution in [0.3, 0.4) is 0 Å². The topological polar surface area (TPSA) is 32.3 Å². The van der Waals surface area contributed by atoms with E-state index in [2.05, 4.69) is 5.32 Å². The number of amides is 1. The van der Waals surface area contributed by atoms with E-state index in [1.165, 1.54) is 51.4 Å². The second-order valence-corrected chi connectivity index (χ2v) is 5.98. The average molecular weight is 252 g/mol. The maximum Gasteiger partial charge on any atom is 0.222 e. The Bertz CT molecular complexity index is 255. The average Bonchev–Trinajstić information content (AvgIpc) is 2.46. The minimum absolute atomic E-state index is 0.356. The van der Waals surface area contributed by atoms with E-state index < -0.39 is 0 Å². The van der Waals surface area contributed by atoms with E-state index in [0.717, 1.165) is 19.4 Å². The molecule has 0 bridgehead atoms. The second-order valence-electron chi connectivity index (χ2n) is 5.98. The Kier molecular flexibility index (Phi) is 5.48. The zero-order valence-corrected chi connectivity index (χ0v) is 11.8.